The SMILES string of the molecule is CC(C)C.Cn1nc(-c2ccc(S(C)=O)cc2)cc(OS(C)(=O)=O)c1=O. The molecule has 0 saturated carbocycles. The Labute approximate surface area is 156 Å². The van der Waals surface area contributed by atoms with Crippen molar-refractivity contribution in [2.45, 2.75) is 25.7 Å². The van der Waals surface area contributed by atoms with Crippen LogP contribution in [0.3, 0.4) is 0 Å². The molecule has 0 aliphatic rings. The molecule has 0 amide bonds. The summed E-state index contributed by atoms with van der Waals surface area (Å²) in [6.45, 7) is 6.50. The molecule has 9 heteroatoms. The van der Waals surface area contributed by atoms with Gasteiger partial charge in [-0.2, -0.15) is 13.5 Å². The van der Waals surface area contributed by atoms with Crippen LogP contribution in [-0.2, 0) is 28.0 Å². The van der Waals surface area contributed by atoms with Crippen LogP contribution in [0.2, 0.25) is 0 Å². The van der Waals surface area contributed by atoms with E-state index in [0.29, 0.717) is 16.2 Å². The molecule has 0 saturated heterocycles. The molecule has 2 aromatic rings. The van der Waals surface area contributed by atoms with Gasteiger partial charge in [0.15, 0.2) is 0 Å². The van der Waals surface area contributed by atoms with Crippen molar-refractivity contribution in [3.05, 3.63) is 40.7 Å². The second kappa shape index (κ2) is 9.09. The standard InChI is InChI=1S/C13H14N2O5S2.C4H10/c1-15-13(16)12(20-22(3,18)19)8-11(14-15)9-4-6-10(7-5-9)21(2)17;1-4(2)3/h4-8H,1-3H3;4H,1-3H3. The van der Waals surface area contributed by atoms with Crippen molar-refractivity contribution in [2.24, 2.45) is 13.0 Å². The number of aromatic nitrogens is 2. The first-order valence-corrected chi connectivity index (χ1v) is 11.2. The Balaban J connectivity index is 0.000000765. The quantitative estimate of drug-likeness (QED) is 0.730. The summed E-state index contributed by atoms with van der Waals surface area (Å²) in [7, 11) is -3.51. The predicted molar refractivity (Wildman–Crippen MR) is 103 cm³/mol. The van der Waals surface area contributed by atoms with E-state index in [9.17, 15) is 17.4 Å². The molecule has 0 N–H and O–H groups in total. The zero-order valence-electron chi connectivity index (χ0n) is 15.7. The highest BCUT2D eigenvalue weighted by Gasteiger charge is 2.14. The summed E-state index contributed by atoms with van der Waals surface area (Å²) in [4.78, 5) is 12.5. The zero-order valence-corrected chi connectivity index (χ0v) is 17.3. The Morgan fingerprint density at radius 2 is 1.65 bits per heavy atom. The molecule has 1 unspecified atom stereocenters. The van der Waals surface area contributed by atoms with Gasteiger partial charge in [-0.05, 0) is 18.1 Å². The molecular weight excluding hydrogens is 376 g/mol. The fourth-order valence-electron chi connectivity index (χ4n) is 1.76. The van der Waals surface area contributed by atoms with E-state index in [2.05, 4.69) is 30.1 Å². The van der Waals surface area contributed by atoms with Crippen LogP contribution < -0.4 is 9.74 Å². The summed E-state index contributed by atoms with van der Waals surface area (Å²) in [5.41, 5.74) is 0.359. The molecule has 0 aliphatic heterocycles. The molecule has 0 fully saturated rings. The molecule has 2 rings (SSSR count). The summed E-state index contributed by atoms with van der Waals surface area (Å²) in [6, 6.07) is 7.99. The second-order valence-electron chi connectivity index (χ2n) is 6.32. The van der Waals surface area contributed by atoms with Gasteiger partial charge in [0.2, 0.25) is 5.75 Å². The van der Waals surface area contributed by atoms with E-state index in [4.69, 9.17) is 0 Å². The Morgan fingerprint density at radius 1 is 1.15 bits per heavy atom. The van der Waals surface area contributed by atoms with Crippen molar-refractivity contribution in [1.29, 1.82) is 0 Å². The number of nitrogens with zero attached hydrogens (tertiary/aromatic N) is 2. The first kappa shape index (κ1) is 22.0. The van der Waals surface area contributed by atoms with Gasteiger partial charge < -0.3 is 4.18 Å². The number of benzene rings is 1. The average molecular weight is 401 g/mol. The second-order valence-corrected chi connectivity index (χ2v) is 9.28. The van der Waals surface area contributed by atoms with Gasteiger partial charge in [0.05, 0.1) is 11.9 Å². The maximum atomic E-state index is 11.8. The van der Waals surface area contributed by atoms with E-state index in [0.717, 1.165) is 16.9 Å². The molecule has 0 radical (unpaired) electrons. The lowest BCUT2D eigenvalue weighted by atomic mass is 10.1. The van der Waals surface area contributed by atoms with E-state index in [-0.39, 0.29) is 5.75 Å². The van der Waals surface area contributed by atoms with Gasteiger partial charge >= 0.3 is 15.7 Å². The Bertz CT molecular complexity index is 930. The highest BCUT2D eigenvalue weighted by atomic mass is 32.2. The van der Waals surface area contributed by atoms with E-state index in [1.54, 1.807) is 30.5 Å². The molecule has 7 nitrogen and oxygen atoms in total. The van der Waals surface area contributed by atoms with E-state index in [1.165, 1.54) is 13.1 Å². The zero-order chi connectivity index (χ0) is 20.1. The smallest absolute Gasteiger partial charge is 0.310 e. The molecule has 144 valence electrons. The number of rotatable bonds is 4. The van der Waals surface area contributed by atoms with Gasteiger partial charge in [-0.15, -0.1) is 0 Å². The fraction of sp³-hybridized carbons (Fsp3) is 0.412. The van der Waals surface area contributed by atoms with Crippen LogP contribution in [0.25, 0.3) is 11.3 Å². The number of aryl methyl sites for hydroxylation is 1. The van der Waals surface area contributed by atoms with Crippen LogP contribution in [-0.4, -0.2) is 34.9 Å². The highest BCUT2D eigenvalue weighted by Crippen LogP contribution is 2.21. The third-order valence-corrected chi connectivity index (χ3v) is 4.17. The van der Waals surface area contributed by atoms with Gasteiger partial charge in [-0.1, -0.05) is 32.9 Å². The lowest BCUT2D eigenvalue weighted by molar-refractivity contribution is 0.482. The summed E-state index contributed by atoms with van der Waals surface area (Å²) in [5.74, 6) is 0.512. The molecule has 0 bridgehead atoms. The monoisotopic (exact) mass is 400 g/mol. The van der Waals surface area contributed by atoms with Crippen LogP contribution >= 0.6 is 0 Å². The van der Waals surface area contributed by atoms with Crippen molar-refractivity contribution in [1.82, 2.24) is 9.78 Å². The third kappa shape index (κ3) is 7.09. The largest absolute Gasteiger partial charge is 0.377 e. The highest BCUT2D eigenvalue weighted by molar-refractivity contribution is 7.86. The van der Waals surface area contributed by atoms with Crippen LogP contribution in [0.5, 0.6) is 5.75 Å². The van der Waals surface area contributed by atoms with Crippen molar-refractivity contribution < 1.29 is 16.8 Å². The van der Waals surface area contributed by atoms with E-state index in [1.807, 2.05) is 0 Å². The van der Waals surface area contributed by atoms with Gasteiger partial charge in [-0.25, -0.2) is 4.68 Å². The minimum absolute atomic E-state index is 0.321. The van der Waals surface area contributed by atoms with Crippen molar-refractivity contribution >= 4 is 20.9 Å². The number of hydrogen-bond donors (Lipinski definition) is 0. The van der Waals surface area contributed by atoms with Gasteiger partial charge in [0.25, 0.3) is 0 Å². The molecule has 1 heterocycles. The van der Waals surface area contributed by atoms with Crippen molar-refractivity contribution in [3.63, 3.8) is 0 Å². The Morgan fingerprint density at radius 3 is 2.08 bits per heavy atom. The van der Waals surface area contributed by atoms with Crippen LogP contribution in [0.4, 0.5) is 0 Å². The maximum absolute atomic E-state index is 11.8. The van der Waals surface area contributed by atoms with Gasteiger partial charge in [0.1, 0.15) is 0 Å². The summed E-state index contributed by atoms with van der Waals surface area (Å²) < 4.78 is 39.5. The molecule has 1 atom stereocenters. The first-order chi connectivity index (χ1) is 11.9. The minimum atomic E-state index is -3.81. The average Bonchev–Trinajstić information content (AvgIpc) is 2.50. The van der Waals surface area contributed by atoms with Crippen molar-refractivity contribution in [3.8, 4) is 17.0 Å². The fourth-order valence-corrected chi connectivity index (χ4v) is 2.73. The minimum Gasteiger partial charge on any atom is -0.377 e. The molecular formula is C17H24N2O5S2. The van der Waals surface area contributed by atoms with Gasteiger partial charge in [0, 0.05) is 40.6 Å². The maximum Gasteiger partial charge on any atom is 0.310 e. The third-order valence-electron chi connectivity index (χ3n) is 2.75. The van der Waals surface area contributed by atoms with Crippen LogP contribution in [0.1, 0.15) is 20.8 Å². The number of hydrogen-bond acceptors (Lipinski definition) is 6. The topological polar surface area (TPSA) is 95.3 Å². The summed E-state index contributed by atoms with van der Waals surface area (Å²) in [6.07, 6.45) is 2.43. The first-order valence-electron chi connectivity index (χ1n) is 7.82. The summed E-state index contributed by atoms with van der Waals surface area (Å²) in [5, 5.41) is 4.06. The van der Waals surface area contributed by atoms with Crippen molar-refractivity contribution in [2.75, 3.05) is 12.5 Å². The molecule has 0 spiro atoms. The van der Waals surface area contributed by atoms with E-state index >= 15 is 0 Å². The predicted octanol–water partition coefficient (Wildman–Crippen LogP) is 2.19. The Hall–Kier alpha value is -2.00. The van der Waals surface area contributed by atoms with Gasteiger partial charge in [-0.3, -0.25) is 9.00 Å². The summed E-state index contributed by atoms with van der Waals surface area (Å²) >= 11 is 0. The molecule has 1 aromatic carbocycles. The molecule has 0 aliphatic carbocycles. The molecule has 1 aromatic heterocycles. The molecule has 26 heavy (non-hydrogen) atoms. The lowest BCUT2D eigenvalue weighted by Gasteiger charge is -2.08. The van der Waals surface area contributed by atoms with E-state index < -0.39 is 26.5 Å². The van der Waals surface area contributed by atoms with Crippen LogP contribution in [0, 0.1) is 5.92 Å². The Kier molecular flexibility index (Phi) is 7.70. The lowest BCUT2D eigenvalue weighted by Crippen LogP contribution is -2.23. The normalized spacial score (nSPS) is 12.3. The van der Waals surface area contributed by atoms with Crippen LogP contribution in [0.15, 0.2) is 40.0 Å².